The van der Waals surface area contributed by atoms with E-state index in [2.05, 4.69) is 15.4 Å². The van der Waals surface area contributed by atoms with Crippen LogP contribution >= 0.6 is 0 Å². The van der Waals surface area contributed by atoms with Crippen LogP contribution in [0.25, 0.3) is 27.5 Å². The molecule has 1 amide bonds. The fourth-order valence-electron chi connectivity index (χ4n) is 4.02. The van der Waals surface area contributed by atoms with E-state index in [0.29, 0.717) is 10.8 Å². The van der Waals surface area contributed by atoms with Gasteiger partial charge < -0.3 is 9.88 Å². The first-order chi connectivity index (χ1) is 15.6. The first-order valence-corrected chi connectivity index (χ1v) is 10.4. The molecule has 7 nitrogen and oxygen atoms in total. The summed E-state index contributed by atoms with van der Waals surface area (Å²) in [4.78, 5) is 29.8. The van der Waals surface area contributed by atoms with Crippen LogP contribution in [0.1, 0.15) is 18.5 Å². The van der Waals surface area contributed by atoms with Gasteiger partial charge in [0.15, 0.2) is 5.43 Å². The summed E-state index contributed by atoms with van der Waals surface area (Å²) in [6.45, 7) is 2.06. The Hall–Kier alpha value is -4.26. The summed E-state index contributed by atoms with van der Waals surface area (Å²) in [5.74, 6) is -0.128. The predicted octanol–water partition coefficient (Wildman–Crippen LogP) is 3.61. The van der Waals surface area contributed by atoms with Gasteiger partial charge in [-0.3, -0.25) is 9.59 Å². The summed E-state index contributed by atoms with van der Waals surface area (Å²) in [6, 6.07) is 22.4. The highest BCUT2D eigenvalue weighted by atomic mass is 16.2. The molecule has 2 aromatic heterocycles. The quantitative estimate of drug-likeness (QED) is 0.438. The van der Waals surface area contributed by atoms with Crippen LogP contribution in [0, 0.1) is 0 Å². The normalized spacial score (nSPS) is 12.2. The minimum atomic E-state index is -0.177. The maximum atomic E-state index is 13.0. The average Bonchev–Trinajstić information content (AvgIpc) is 3.37. The Labute approximate surface area is 183 Å². The first kappa shape index (κ1) is 19.7. The minimum absolute atomic E-state index is 0.0197. The van der Waals surface area contributed by atoms with Crippen molar-refractivity contribution in [2.45, 2.75) is 19.5 Å². The molecule has 0 spiro atoms. The second-order valence-corrected chi connectivity index (χ2v) is 7.67. The molecule has 0 saturated carbocycles. The zero-order chi connectivity index (χ0) is 22.1. The van der Waals surface area contributed by atoms with E-state index in [1.807, 2.05) is 72.2 Å². The second kappa shape index (κ2) is 8.11. The minimum Gasteiger partial charge on any atom is -0.348 e. The Balaban J connectivity index is 1.41. The standard InChI is InChI=1S/C25H21N5O2/c1-17(18-10-12-19(13-11-18)30-16-26-15-27-30)28-24(31)14-29-22-8-4-2-6-20(22)25(32)21-7-3-5-9-23(21)29/h2-13,15-17H,14H2,1H3,(H,28,31). The van der Waals surface area contributed by atoms with E-state index in [1.54, 1.807) is 23.1 Å². The van der Waals surface area contributed by atoms with Crippen molar-refractivity contribution in [3.05, 3.63) is 101 Å². The summed E-state index contributed by atoms with van der Waals surface area (Å²) >= 11 is 0. The van der Waals surface area contributed by atoms with Gasteiger partial charge in [-0.1, -0.05) is 36.4 Å². The number of fused-ring (bicyclic) bond motifs is 2. The van der Waals surface area contributed by atoms with Crippen LogP contribution in [0.2, 0.25) is 0 Å². The Morgan fingerprint density at radius 1 is 0.938 bits per heavy atom. The van der Waals surface area contributed by atoms with E-state index in [9.17, 15) is 9.59 Å². The Morgan fingerprint density at radius 2 is 1.56 bits per heavy atom. The summed E-state index contributed by atoms with van der Waals surface area (Å²) in [5.41, 5.74) is 3.36. The molecule has 1 atom stereocenters. The molecule has 2 heterocycles. The SMILES string of the molecule is CC(NC(=O)Cn1c2ccccc2c(=O)c2ccccc21)c1ccc(-n2cncn2)cc1. The molecule has 158 valence electrons. The van der Waals surface area contributed by atoms with Crippen molar-refractivity contribution in [2.75, 3.05) is 0 Å². The fraction of sp³-hybridized carbons (Fsp3) is 0.120. The van der Waals surface area contributed by atoms with Crippen molar-refractivity contribution in [3.8, 4) is 5.69 Å². The number of pyridine rings is 1. The maximum Gasteiger partial charge on any atom is 0.240 e. The van der Waals surface area contributed by atoms with Gasteiger partial charge in [-0.05, 0) is 48.9 Å². The van der Waals surface area contributed by atoms with Gasteiger partial charge in [0.05, 0.1) is 22.8 Å². The highest BCUT2D eigenvalue weighted by molar-refractivity contribution is 5.94. The van der Waals surface area contributed by atoms with Crippen LogP contribution in [0.3, 0.4) is 0 Å². The van der Waals surface area contributed by atoms with Crippen LogP contribution in [0.5, 0.6) is 0 Å². The molecule has 1 N–H and O–H groups in total. The van der Waals surface area contributed by atoms with Crippen LogP contribution in [-0.2, 0) is 11.3 Å². The zero-order valence-corrected chi connectivity index (χ0v) is 17.5. The van der Waals surface area contributed by atoms with E-state index in [4.69, 9.17) is 0 Å². The van der Waals surface area contributed by atoms with Crippen LogP contribution in [0.4, 0.5) is 0 Å². The van der Waals surface area contributed by atoms with Gasteiger partial charge in [0.25, 0.3) is 0 Å². The van der Waals surface area contributed by atoms with E-state index in [0.717, 1.165) is 22.3 Å². The number of hydrogen-bond acceptors (Lipinski definition) is 4. The Kier molecular flexibility index (Phi) is 4.99. The van der Waals surface area contributed by atoms with Crippen molar-refractivity contribution in [1.29, 1.82) is 0 Å². The molecule has 0 radical (unpaired) electrons. The molecule has 1 unspecified atom stereocenters. The lowest BCUT2D eigenvalue weighted by molar-refractivity contribution is -0.122. The molecular weight excluding hydrogens is 402 g/mol. The van der Waals surface area contributed by atoms with Gasteiger partial charge in [0.2, 0.25) is 5.91 Å². The fourth-order valence-corrected chi connectivity index (χ4v) is 4.02. The summed E-state index contributed by atoms with van der Waals surface area (Å²) < 4.78 is 3.58. The van der Waals surface area contributed by atoms with Gasteiger partial charge in [-0.25, -0.2) is 9.67 Å². The van der Waals surface area contributed by atoms with Gasteiger partial charge in [0, 0.05) is 10.8 Å². The average molecular weight is 423 g/mol. The third-order valence-corrected chi connectivity index (χ3v) is 5.63. The molecule has 0 saturated heterocycles. The van der Waals surface area contributed by atoms with Crippen LogP contribution in [0.15, 0.2) is 90.2 Å². The molecule has 0 aliphatic rings. The van der Waals surface area contributed by atoms with Gasteiger partial charge >= 0.3 is 0 Å². The lowest BCUT2D eigenvalue weighted by atomic mass is 10.1. The van der Waals surface area contributed by atoms with Crippen molar-refractivity contribution < 1.29 is 4.79 Å². The second-order valence-electron chi connectivity index (χ2n) is 7.67. The number of amides is 1. The summed E-state index contributed by atoms with van der Waals surface area (Å²) in [6.07, 6.45) is 3.13. The Morgan fingerprint density at radius 3 is 2.16 bits per heavy atom. The predicted molar refractivity (Wildman–Crippen MR) is 124 cm³/mol. The number of nitrogens with one attached hydrogen (secondary N) is 1. The van der Waals surface area contributed by atoms with Gasteiger partial charge in [-0.2, -0.15) is 5.10 Å². The first-order valence-electron chi connectivity index (χ1n) is 10.4. The molecular formula is C25H21N5O2. The van der Waals surface area contributed by atoms with Crippen molar-refractivity contribution in [3.63, 3.8) is 0 Å². The highest BCUT2D eigenvalue weighted by Crippen LogP contribution is 2.20. The number of benzene rings is 3. The molecule has 0 fully saturated rings. The maximum absolute atomic E-state index is 13.0. The molecule has 0 bridgehead atoms. The monoisotopic (exact) mass is 423 g/mol. The zero-order valence-electron chi connectivity index (χ0n) is 17.5. The van der Waals surface area contributed by atoms with E-state index in [1.165, 1.54) is 6.33 Å². The van der Waals surface area contributed by atoms with E-state index < -0.39 is 0 Å². The largest absolute Gasteiger partial charge is 0.348 e. The summed E-state index contributed by atoms with van der Waals surface area (Å²) in [5, 5.41) is 8.41. The number of carbonyl (C=O) groups is 1. The van der Waals surface area contributed by atoms with Crippen LogP contribution in [-0.4, -0.2) is 25.2 Å². The van der Waals surface area contributed by atoms with Crippen molar-refractivity contribution in [2.24, 2.45) is 0 Å². The van der Waals surface area contributed by atoms with Crippen molar-refractivity contribution in [1.82, 2.24) is 24.6 Å². The smallest absolute Gasteiger partial charge is 0.240 e. The van der Waals surface area contributed by atoms with Crippen LogP contribution < -0.4 is 10.7 Å². The molecule has 32 heavy (non-hydrogen) atoms. The van der Waals surface area contributed by atoms with Crippen molar-refractivity contribution >= 4 is 27.7 Å². The van der Waals surface area contributed by atoms with E-state index in [-0.39, 0.29) is 23.9 Å². The molecule has 0 aliphatic heterocycles. The third-order valence-electron chi connectivity index (χ3n) is 5.63. The number of para-hydroxylation sites is 2. The number of hydrogen-bond donors (Lipinski definition) is 1. The Bertz CT molecular complexity index is 1410. The molecule has 7 heteroatoms. The lowest BCUT2D eigenvalue weighted by Crippen LogP contribution is -2.30. The number of carbonyl (C=O) groups excluding carboxylic acids is 1. The molecule has 5 rings (SSSR count). The molecule has 3 aromatic carbocycles. The topological polar surface area (TPSA) is 81.8 Å². The van der Waals surface area contributed by atoms with Gasteiger partial charge in [0.1, 0.15) is 19.2 Å². The third kappa shape index (κ3) is 3.54. The highest BCUT2D eigenvalue weighted by Gasteiger charge is 2.15. The molecule has 0 aliphatic carbocycles. The lowest BCUT2D eigenvalue weighted by Gasteiger charge is -2.18. The number of rotatable bonds is 5. The van der Waals surface area contributed by atoms with E-state index >= 15 is 0 Å². The molecule has 5 aromatic rings. The van der Waals surface area contributed by atoms with Gasteiger partial charge in [-0.15, -0.1) is 0 Å². The number of aromatic nitrogens is 4. The number of nitrogens with zero attached hydrogens (tertiary/aromatic N) is 4. The summed E-state index contributed by atoms with van der Waals surface area (Å²) in [7, 11) is 0.